The molecule has 10 heteroatoms. The summed E-state index contributed by atoms with van der Waals surface area (Å²) in [6, 6.07) is 20.7. The molecule has 1 saturated heterocycles. The number of allylic oxidation sites excluding steroid dienone is 1. The number of carbonyl (C=O) groups is 1. The molecule has 2 aromatic carbocycles. The third-order valence-electron chi connectivity index (χ3n) is 7.61. The van der Waals surface area contributed by atoms with Crippen molar-refractivity contribution in [1.82, 2.24) is 4.90 Å². The van der Waals surface area contributed by atoms with Crippen LogP contribution in [-0.4, -0.2) is 69.4 Å². The van der Waals surface area contributed by atoms with Crippen LogP contribution in [0.4, 0.5) is 4.79 Å². The number of nitrogens with zero attached hydrogens (tertiary/aromatic N) is 3. The van der Waals surface area contributed by atoms with Gasteiger partial charge in [0.1, 0.15) is 23.6 Å². The second-order valence-corrected chi connectivity index (χ2v) is 17.0. The van der Waals surface area contributed by atoms with Crippen LogP contribution in [0, 0.1) is 0 Å². The van der Waals surface area contributed by atoms with Gasteiger partial charge in [0.05, 0.1) is 38.2 Å². The van der Waals surface area contributed by atoms with Crippen LogP contribution in [0.1, 0.15) is 41.5 Å². The lowest BCUT2D eigenvalue weighted by atomic mass is 10.1. The molecule has 0 radical (unpaired) electrons. The fourth-order valence-electron chi connectivity index (χ4n) is 5.73. The maximum Gasteiger partial charge on any atom is 0.410 e. The van der Waals surface area contributed by atoms with Gasteiger partial charge in [-0.15, -0.1) is 0 Å². The fourth-order valence-corrected chi connectivity index (χ4v) is 10.3. The zero-order chi connectivity index (χ0) is 29.3. The molecular weight excluding hydrogens is 568 g/mol. The summed E-state index contributed by atoms with van der Waals surface area (Å²) in [6.07, 6.45) is 6.54. The monoisotopic (exact) mass is 608 g/mol. The Labute approximate surface area is 256 Å². The molecule has 5 rings (SSSR count). The highest BCUT2D eigenvalue weighted by molar-refractivity contribution is 6.99. The average molecular weight is 609 g/mol. The topological polar surface area (TPSA) is 77.2 Å². The smallest absolute Gasteiger partial charge is 0.410 e. The fraction of sp³-hybridized carbons (Fsp3) is 0.406. The largest absolute Gasteiger partial charge is 1.00 e. The number of halogens is 1. The number of ether oxygens (including phenoxy) is 2. The summed E-state index contributed by atoms with van der Waals surface area (Å²) in [5.41, 5.74) is 1.08. The van der Waals surface area contributed by atoms with Gasteiger partial charge >= 0.3 is 6.09 Å². The third kappa shape index (κ3) is 6.45. The molecule has 1 N–H and O–H groups in total. The quantitative estimate of drug-likeness (QED) is 0.478. The number of rotatable bonds is 6. The zero-order valence-electron chi connectivity index (χ0n) is 25.2. The van der Waals surface area contributed by atoms with E-state index >= 15 is 0 Å². The van der Waals surface area contributed by atoms with Crippen molar-refractivity contribution in [2.24, 2.45) is 9.98 Å². The highest BCUT2D eigenvalue weighted by atomic mass is 35.5. The van der Waals surface area contributed by atoms with E-state index in [-0.39, 0.29) is 29.6 Å². The van der Waals surface area contributed by atoms with Gasteiger partial charge in [-0.1, -0.05) is 81.4 Å². The van der Waals surface area contributed by atoms with Gasteiger partial charge in [0.25, 0.3) is 8.32 Å². The highest BCUT2D eigenvalue weighted by Gasteiger charge is 2.51. The van der Waals surface area contributed by atoms with E-state index in [0.29, 0.717) is 19.8 Å². The molecule has 0 aliphatic carbocycles. The van der Waals surface area contributed by atoms with Gasteiger partial charge in [-0.3, -0.25) is 9.89 Å². The summed E-state index contributed by atoms with van der Waals surface area (Å²) < 4.78 is 19.5. The van der Waals surface area contributed by atoms with E-state index < -0.39 is 20.0 Å². The van der Waals surface area contributed by atoms with Crippen LogP contribution in [0.3, 0.4) is 0 Å². The lowest BCUT2D eigenvalue weighted by Gasteiger charge is -2.45. The Hall–Kier alpha value is -3.08. The van der Waals surface area contributed by atoms with Crippen LogP contribution >= 0.6 is 0 Å². The van der Waals surface area contributed by atoms with E-state index in [2.05, 4.69) is 79.3 Å². The predicted octanol–water partition coefficient (Wildman–Crippen LogP) is 0.266. The van der Waals surface area contributed by atoms with Crippen molar-refractivity contribution >= 4 is 37.3 Å². The van der Waals surface area contributed by atoms with Gasteiger partial charge in [0, 0.05) is 0 Å². The van der Waals surface area contributed by atoms with E-state index in [1.54, 1.807) is 17.3 Å². The lowest BCUT2D eigenvalue weighted by molar-refractivity contribution is -0.682. The van der Waals surface area contributed by atoms with Gasteiger partial charge in [-0.25, -0.2) is 9.69 Å². The number of hydrogen-bond acceptors (Lipinski definition) is 6. The first kappa shape index (κ1) is 31.8. The first-order chi connectivity index (χ1) is 19.5. The Kier molecular flexibility index (Phi) is 9.59. The third-order valence-corrected chi connectivity index (χ3v) is 12.6. The minimum Gasteiger partial charge on any atom is -1.00 e. The number of quaternary nitrogens is 1. The summed E-state index contributed by atoms with van der Waals surface area (Å²) in [6.45, 7) is 13.3. The molecule has 1 fully saturated rings. The molecule has 1 amide bonds. The SMILES string of the molecule is CC(C)(C)OC(=O)N1CC(C2=C3C=NC=C[NH+]3C=N2)OCC1CO[Si](c1ccccc1)(c1ccccc1)C(C)(C)C.[Cl-]. The molecule has 3 atom stereocenters. The van der Waals surface area contributed by atoms with Crippen molar-refractivity contribution in [1.29, 1.82) is 0 Å². The maximum atomic E-state index is 13.6. The molecule has 224 valence electrons. The van der Waals surface area contributed by atoms with Crippen LogP contribution in [0.25, 0.3) is 0 Å². The number of aliphatic imine (C=N–C) groups is 2. The molecule has 2 aromatic rings. The van der Waals surface area contributed by atoms with Crippen molar-refractivity contribution < 1.29 is 36.0 Å². The van der Waals surface area contributed by atoms with Gasteiger partial charge < -0.3 is 26.3 Å². The lowest BCUT2D eigenvalue weighted by Crippen LogP contribution is -3.04. The molecule has 0 aromatic heterocycles. The standard InChI is InChI=1S/C32H40N4O4Si.ClH/c1-31(2,3)40-30(37)36-20-28(29-27-19-33-17-18-35(27)23-34-29)38-21-24(36)22-39-41(32(4,5)6,25-13-9-7-10-14-25)26-15-11-8-12-16-26;/h7-19,23-24,28H,20-22H2,1-6H3;1H. The van der Waals surface area contributed by atoms with Crippen molar-refractivity contribution in [2.45, 2.75) is 64.3 Å². The number of morpholine rings is 1. The molecule has 3 heterocycles. The molecule has 0 saturated carbocycles. The second-order valence-electron chi connectivity index (χ2n) is 12.7. The number of benzene rings is 2. The van der Waals surface area contributed by atoms with Crippen LogP contribution < -0.4 is 27.7 Å². The number of carbonyl (C=O) groups excluding carboxylic acids is 1. The van der Waals surface area contributed by atoms with Gasteiger partial charge in [0.15, 0.2) is 12.0 Å². The van der Waals surface area contributed by atoms with Gasteiger partial charge in [-0.05, 0) is 36.2 Å². The zero-order valence-corrected chi connectivity index (χ0v) is 27.0. The normalized spacial score (nSPS) is 22.1. The van der Waals surface area contributed by atoms with E-state index in [9.17, 15) is 4.79 Å². The van der Waals surface area contributed by atoms with E-state index in [1.165, 1.54) is 10.4 Å². The van der Waals surface area contributed by atoms with Gasteiger partial charge in [0.2, 0.25) is 0 Å². The Bertz CT molecular complexity index is 1330. The van der Waals surface area contributed by atoms with E-state index in [4.69, 9.17) is 13.9 Å². The van der Waals surface area contributed by atoms with Gasteiger partial charge in [-0.2, -0.15) is 4.99 Å². The molecule has 42 heavy (non-hydrogen) atoms. The van der Waals surface area contributed by atoms with E-state index in [0.717, 1.165) is 16.3 Å². The minimum atomic E-state index is -2.81. The number of amides is 1. The molecule has 8 nitrogen and oxygen atoms in total. The summed E-state index contributed by atoms with van der Waals surface area (Å²) >= 11 is 0. The van der Waals surface area contributed by atoms with Crippen molar-refractivity contribution in [2.75, 3.05) is 19.8 Å². The highest BCUT2D eigenvalue weighted by Crippen LogP contribution is 2.37. The first-order valence-corrected chi connectivity index (χ1v) is 16.1. The second kappa shape index (κ2) is 12.6. The predicted molar refractivity (Wildman–Crippen MR) is 164 cm³/mol. The Morgan fingerprint density at radius 1 is 1.02 bits per heavy atom. The first-order valence-electron chi connectivity index (χ1n) is 14.2. The van der Waals surface area contributed by atoms with Crippen LogP contribution in [0.15, 0.2) is 94.4 Å². The van der Waals surface area contributed by atoms with Crippen molar-refractivity contribution in [3.05, 3.63) is 84.5 Å². The molecule has 0 spiro atoms. The molecule has 3 unspecified atom stereocenters. The summed E-state index contributed by atoms with van der Waals surface area (Å²) in [5.74, 6) is 0. The molecule has 3 aliphatic heterocycles. The van der Waals surface area contributed by atoms with Crippen molar-refractivity contribution in [3.8, 4) is 0 Å². The van der Waals surface area contributed by atoms with Crippen molar-refractivity contribution in [3.63, 3.8) is 0 Å². The summed E-state index contributed by atoms with van der Waals surface area (Å²) in [5, 5.41) is 2.20. The molecular formula is C32H41ClN4O4Si. The Morgan fingerprint density at radius 3 is 2.21 bits per heavy atom. The number of fused-ring (bicyclic) bond motifs is 1. The van der Waals surface area contributed by atoms with Crippen LogP contribution in [0.5, 0.6) is 0 Å². The maximum absolute atomic E-state index is 13.6. The van der Waals surface area contributed by atoms with E-state index in [1.807, 2.05) is 45.4 Å². The summed E-state index contributed by atoms with van der Waals surface area (Å²) in [7, 11) is -2.81. The molecule has 3 aliphatic rings. The van der Waals surface area contributed by atoms with Crippen LogP contribution in [0.2, 0.25) is 5.04 Å². The average Bonchev–Trinajstić information content (AvgIpc) is 3.37. The molecule has 0 bridgehead atoms. The Balaban J connectivity index is 0.00000405. The number of nitrogens with one attached hydrogen (secondary N) is 1. The number of hydrogen-bond donors (Lipinski definition) is 1. The Morgan fingerprint density at radius 2 is 1.64 bits per heavy atom. The minimum absolute atomic E-state index is 0. The van der Waals surface area contributed by atoms with Crippen LogP contribution in [-0.2, 0) is 13.9 Å². The summed E-state index contributed by atoms with van der Waals surface area (Å²) in [4.78, 5) is 25.3.